The summed E-state index contributed by atoms with van der Waals surface area (Å²) >= 11 is 0. The smallest absolute Gasteiger partial charge is 0.391 e. The molecule has 1 fully saturated rings. The molecular formula is C13H19F3N4O. The number of hydrogen-bond donors (Lipinski definition) is 1. The average molecular weight is 304 g/mol. The van der Waals surface area contributed by atoms with Crippen molar-refractivity contribution in [3.8, 4) is 0 Å². The molecule has 8 heteroatoms. The number of halogens is 3. The summed E-state index contributed by atoms with van der Waals surface area (Å²) < 4.78 is 39.6. The van der Waals surface area contributed by atoms with Gasteiger partial charge >= 0.3 is 6.18 Å². The predicted molar refractivity (Wildman–Crippen MR) is 68.3 cm³/mol. The summed E-state index contributed by atoms with van der Waals surface area (Å²) in [5.41, 5.74) is 0. The van der Waals surface area contributed by atoms with E-state index in [0.29, 0.717) is 18.9 Å². The lowest BCUT2D eigenvalue weighted by Gasteiger charge is -2.36. The molecule has 2 heterocycles. The van der Waals surface area contributed by atoms with Crippen molar-refractivity contribution in [2.75, 3.05) is 6.54 Å². The molecule has 0 aromatic carbocycles. The number of fused-ring (bicyclic) bond motifs is 1. The van der Waals surface area contributed by atoms with E-state index < -0.39 is 18.1 Å². The van der Waals surface area contributed by atoms with Gasteiger partial charge in [0.25, 0.3) is 0 Å². The van der Waals surface area contributed by atoms with Crippen molar-refractivity contribution in [1.29, 1.82) is 0 Å². The Morgan fingerprint density at radius 2 is 1.81 bits per heavy atom. The van der Waals surface area contributed by atoms with Gasteiger partial charge in [-0.2, -0.15) is 13.2 Å². The lowest BCUT2D eigenvalue weighted by atomic mass is 10.0. The molecule has 1 N–H and O–H groups in total. The summed E-state index contributed by atoms with van der Waals surface area (Å²) in [6.45, 7) is 1.04. The van der Waals surface area contributed by atoms with Gasteiger partial charge in [0.15, 0.2) is 0 Å². The zero-order valence-corrected chi connectivity index (χ0v) is 11.7. The van der Waals surface area contributed by atoms with Crippen LogP contribution in [-0.4, -0.2) is 43.5 Å². The fraction of sp³-hybridized carbons (Fsp3) is 0.846. The number of nitrogens with zero attached hydrogens (tertiary/aromatic N) is 4. The van der Waals surface area contributed by atoms with E-state index in [1.54, 1.807) is 0 Å². The van der Waals surface area contributed by atoms with Gasteiger partial charge in [0.2, 0.25) is 5.82 Å². The zero-order chi connectivity index (χ0) is 15.0. The molecular weight excluding hydrogens is 285 g/mol. The van der Waals surface area contributed by atoms with Gasteiger partial charge in [-0.3, -0.25) is 4.90 Å². The van der Waals surface area contributed by atoms with E-state index in [4.69, 9.17) is 0 Å². The van der Waals surface area contributed by atoms with Crippen molar-refractivity contribution in [2.45, 2.75) is 63.5 Å². The molecule has 0 amide bonds. The third-order valence-electron chi connectivity index (χ3n) is 4.45. The summed E-state index contributed by atoms with van der Waals surface area (Å²) in [7, 11) is 0. The Hall–Kier alpha value is -1.15. The molecule has 1 aliphatic heterocycles. The fourth-order valence-corrected chi connectivity index (χ4v) is 3.36. The minimum absolute atomic E-state index is 0.0206. The zero-order valence-electron chi connectivity index (χ0n) is 11.7. The third kappa shape index (κ3) is 2.91. The van der Waals surface area contributed by atoms with Crippen molar-refractivity contribution < 1.29 is 18.3 Å². The van der Waals surface area contributed by atoms with Gasteiger partial charge in [-0.25, -0.2) is 0 Å². The first-order valence-corrected chi connectivity index (χ1v) is 7.38. The Morgan fingerprint density at radius 3 is 2.57 bits per heavy atom. The minimum atomic E-state index is -4.46. The topological polar surface area (TPSA) is 54.2 Å². The Kier molecular flexibility index (Phi) is 3.92. The van der Waals surface area contributed by atoms with Crippen LogP contribution in [0.5, 0.6) is 0 Å². The second-order valence-electron chi connectivity index (χ2n) is 5.83. The van der Waals surface area contributed by atoms with Crippen LogP contribution in [0.15, 0.2) is 0 Å². The number of aromatic nitrogens is 3. The van der Waals surface area contributed by atoms with Crippen LogP contribution in [0.3, 0.4) is 0 Å². The molecule has 118 valence electrons. The van der Waals surface area contributed by atoms with Gasteiger partial charge in [-0.1, -0.05) is 19.3 Å². The third-order valence-corrected chi connectivity index (χ3v) is 4.45. The van der Waals surface area contributed by atoms with Crippen molar-refractivity contribution >= 4 is 0 Å². The van der Waals surface area contributed by atoms with Gasteiger partial charge in [-0.15, -0.1) is 10.2 Å². The average Bonchev–Trinajstić information content (AvgIpc) is 2.74. The SMILES string of the molecule is OC1CCCCCC1N1CCn2c(nnc2C(F)(F)F)C1. The molecule has 0 radical (unpaired) electrons. The van der Waals surface area contributed by atoms with Crippen LogP contribution >= 0.6 is 0 Å². The maximum absolute atomic E-state index is 12.8. The normalized spacial score (nSPS) is 28.2. The molecule has 1 aliphatic carbocycles. The van der Waals surface area contributed by atoms with Crippen LogP contribution in [0, 0.1) is 0 Å². The maximum atomic E-state index is 12.8. The van der Waals surface area contributed by atoms with Crippen LogP contribution in [0.2, 0.25) is 0 Å². The summed E-state index contributed by atoms with van der Waals surface area (Å²) in [5, 5.41) is 17.2. The Bertz CT molecular complexity index is 502. The Labute approximate surface area is 120 Å². The molecule has 1 aromatic rings. The Balaban J connectivity index is 1.77. The molecule has 0 bridgehead atoms. The van der Waals surface area contributed by atoms with Gasteiger partial charge in [0.05, 0.1) is 12.6 Å². The molecule has 2 aliphatic rings. The highest BCUT2D eigenvalue weighted by Gasteiger charge is 2.40. The fourth-order valence-electron chi connectivity index (χ4n) is 3.36. The first-order chi connectivity index (χ1) is 9.97. The van der Waals surface area contributed by atoms with E-state index in [-0.39, 0.29) is 12.6 Å². The van der Waals surface area contributed by atoms with E-state index in [1.165, 1.54) is 0 Å². The van der Waals surface area contributed by atoms with Gasteiger partial charge in [0.1, 0.15) is 5.82 Å². The number of aliphatic hydroxyl groups excluding tert-OH is 1. The first-order valence-electron chi connectivity index (χ1n) is 7.38. The van der Waals surface area contributed by atoms with Crippen LogP contribution in [0.1, 0.15) is 43.8 Å². The number of hydrogen-bond acceptors (Lipinski definition) is 4. The molecule has 1 aromatic heterocycles. The molecule has 3 rings (SSSR count). The molecule has 5 nitrogen and oxygen atoms in total. The first kappa shape index (κ1) is 14.8. The summed E-state index contributed by atoms with van der Waals surface area (Å²) in [6, 6.07) is 0.0206. The predicted octanol–water partition coefficient (Wildman–Crippen LogP) is 1.81. The highest BCUT2D eigenvalue weighted by molar-refractivity contribution is 5.03. The molecule has 2 atom stereocenters. The van der Waals surface area contributed by atoms with E-state index in [0.717, 1.165) is 36.7 Å². The largest absolute Gasteiger partial charge is 0.451 e. The van der Waals surface area contributed by atoms with Crippen LogP contribution in [0.4, 0.5) is 13.2 Å². The molecule has 1 saturated carbocycles. The van der Waals surface area contributed by atoms with Gasteiger partial charge in [0, 0.05) is 19.1 Å². The van der Waals surface area contributed by atoms with Crippen molar-refractivity contribution in [3.63, 3.8) is 0 Å². The van der Waals surface area contributed by atoms with E-state index in [9.17, 15) is 18.3 Å². The minimum Gasteiger partial charge on any atom is -0.391 e. The highest BCUT2D eigenvalue weighted by atomic mass is 19.4. The molecule has 0 spiro atoms. The number of rotatable bonds is 1. The monoisotopic (exact) mass is 304 g/mol. The standard InChI is InChI=1S/C13H19F3N4O/c14-13(15,16)12-18-17-11-8-19(6-7-20(11)12)9-4-2-1-3-5-10(9)21/h9-10,21H,1-8H2. The van der Waals surface area contributed by atoms with Crippen LogP contribution in [0.25, 0.3) is 0 Å². The summed E-state index contributed by atoms with van der Waals surface area (Å²) in [4.78, 5) is 2.06. The maximum Gasteiger partial charge on any atom is 0.451 e. The Morgan fingerprint density at radius 1 is 1.05 bits per heavy atom. The number of aliphatic hydroxyl groups is 1. The molecule has 21 heavy (non-hydrogen) atoms. The molecule has 2 unspecified atom stereocenters. The van der Waals surface area contributed by atoms with Crippen molar-refractivity contribution in [3.05, 3.63) is 11.6 Å². The summed E-state index contributed by atoms with van der Waals surface area (Å²) in [5.74, 6) is -0.580. The lowest BCUT2D eigenvalue weighted by molar-refractivity contribution is -0.148. The molecule has 0 saturated heterocycles. The van der Waals surface area contributed by atoms with Crippen molar-refractivity contribution in [1.82, 2.24) is 19.7 Å². The quantitative estimate of drug-likeness (QED) is 0.804. The lowest BCUT2D eigenvalue weighted by Crippen LogP contribution is -2.47. The van der Waals surface area contributed by atoms with E-state index in [1.807, 2.05) is 0 Å². The van der Waals surface area contributed by atoms with Crippen LogP contribution < -0.4 is 0 Å². The number of alkyl halides is 3. The highest BCUT2D eigenvalue weighted by Crippen LogP contribution is 2.31. The van der Waals surface area contributed by atoms with Gasteiger partial charge in [-0.05, 0) is 12.8 Å². The second kappa shape index (κ2) is 5.57. The summed E-state index contributed by atoms with van der Waals surface area (Å²) in [6.07, 6.45) is -0.0312. The van der Waals surface area contributed by atoms with Crippen molar-refractivity contribution in [2.24, 2.45) is 0 Å². The van der Waals surface area contributed by atoms with Crippen LogP contribution in [-0.2, 0) is 19.3 Å². The van der Waals surface area contributed by atoms with E-state index >= 15 is 0 Å². The van der Waals surface area contributed by atoms with E-state index in [2.05, 4.69) is 15.1 Å². The second-order valence-corrected chi connectivity index (χ2v) is 5.83. The van der Waals surface area contributed by atoms with Gasteiger partial charge < -0.3 is 9.67 Å².